The van der Waals surface area contributed by atoms with E-state index in [0.29, 0.717) is 23.9 Å². The summed E-state index contributed by atoms with van der Waals surface area (Å²) in [5, 5.41) is 2.99. The highest BCUT2D eigenvalue weighted by atomic mass is 31.2. The Hall–Kier alpha value is -3.33. The van der Waals surface area contributed by atoms with E-state index in [1.807, 2.05) is 27.2 Å². The first-order chi connectivity index (χ1) is 36.4. The van der Waals surface area contributed by atoms with Gasteiger partial charge in [-0.2, -0.15) is 0 Å². The van der Waals surface area contributed by atoms with Crippen LogP contribution < -0.4 is 10.2 Å². The maximum absolute atomic E-state index is 13.5. The van der Waals surface area contributed by atoms with Crippen LogP contribution >= 0.6 is 7.82 Å². The van der Waals surface area contributed by atoms with Crippen LogP contribution in [-0.4, -0.2) is 69.4 Å². The number of esters is 1. The Balaban J connectivity index is 5.49. The van der Waals surface area contributed by atoms with Gasteiger partial charge in [0.15, 0.2) is 0 Å². The zero-order valence-electron chi connectivity index (χ0n) is 49.0. The Labute approximate surface area is 461 Å². The van der Waals surface area contributed by atoms with Gasteiger partial charge in [-0.1, -0.05) is 220 Å². The van der Waals surface area contributed by atoms with E-state index in [-0.39, 0.29) is 25.4 Å². The van der Waals surface area contributed by atoms with Crippen LogP contribution in [0, 0.1) is 0 Å². The quantitative estimate of drug-likeness (QED) is 0.0212. The molecule has 3 unspecified atom stereocenters. The third-order valence-corrected chi connectivity index (χ3v) is 13.6. The third kappa shape index (κ3) is 55.2. The lowest BCUT2D eigenvalue weighted by Crippen LogP contribution is -2.47. The maximum atomic E-state index is 13.5. The van der Waals surface area contributed by atoms with Gasteiger partial charge in [-0.3, -0.25) is 14.2 Å². The number of allylic oxidation sites excluding steroid dienone is 17. The van der Waals surface area contributed by atoms with Crippen LogP contribution in [0.4, 0.5) is 0 Å². The van der Waals surface area contributed by atoms with Crippen molar-refractivity contribution in [1.82, 2.24) is 5.32 Å². The predicted molar refractivity (Wildman–Crippen MR) is 320 cm³/mol. The molecule has 3 atom stereocenters. The number of phosphoric acid groups is 1. The summed E-state index contributed by atoms with van der Waals surface area (Å²) in [6, 6.07) is -0.934. The second-order valence-corrected chi connectivity index (χ2v) is 22.6. The summed E-state index contributed by atoms with van der Waals surface area (Å²) < 4.78 is 30.2. The molecule has 0 spiro atoms. The largest absolute Gasteiger partial charge is 0.756 e. The van der Waals surface area contributed by atoms with E-state index < -0.39 is 32.5 Å². The van der Waals surface area contributed by atoms with Gasteiger partial charge in [0.1, 0.15) is 19.3 Å². The summed E-state index contributed by atoms with van der Waals surface area (Å²) in [4.78, 5) is 39.9. The molecule has 430 valence electrons. The molecule has 0 saturated heterocycles. The summed E-state index contributed by atoms with van der Waals surface area (Å²) in [6.07, 6.45) is 73.4. The van der Waals surface area contributed by atoms with Crippen molar-refractivity contribution in [2.24, 2.45) is 0 Å². The molecule has 0 heterocycles. The number of phosphoric ester groups is 1. The second kappa shape index (κ2) is 54.0. The van der Waals surface area contributed by atoms with Crippen LogP contribution in [0.25, 0.3) is 0 Å². The summed E-state index contributed by atoms with van der Waals surface area (Å²) >= 11 is 0. The van der Waals surface area contributed by atoms with Gasteiger partial charge in [-0.05, 0) is 115 Å². The SMILES string of the molecule is CCCCC/C=C\C/C=C\C/C=C\C/C=C\CCCCCC(=O)NC(COP(=O)([O-])OCC[N+](C)(C)C)C(/C=C/CCCCCCCCCCCCC)OC(=O)CCC/C=C\C/C=C\C/C=C\C/C=C\CCCCC. The highest BCUT2D eigenvalue weighted by molar-refractivity contribution is 7.45. The first-order valence-corrected chi connectivity index (χ1v) is 31.7. The van der Waals surface area contributed by atoms with Crippen LogP contribution in [0.2, 0.25) is 0 Å². The van der Waals surface area contributed by atoms with Gasteiger partial charge in [0.2, 0.25) is 5.91 Å². The highest BCUT2D eigenvalue weighted by Crippen LogP contribution is 2.38. The van der Waals surface area contributed by atoms with Gasteiger partial charge >= 0.3 is 5.97 Å². The lowest BCUT2D eigenvalue weighted by Gasteiger charge is -2.30. The number of ether oxygens (including phenoxy) is 1. The molecule has 0 aromatic rings. The Morgan fingerprint density at radius 2 is 0.827 bits per heavy atom. The number of quaternary nitrogens is 1. The molecule has 0 bridgehead atoms. The highest BCUT2D eigenvalue weighted by Gasteiger charge is 2.27. The lowest BCUT2D eigenvalue weighted by molar-refractivity contribution is -0.870. The zero-order valence-corrected chi connectivity index (χ0v) is 49.9. The van der Waals surface area contributed by atoms with E-state index in [4.69, 9.17) is 13.8 Å². The van der Waals surface area contributed by atoms with Crippen LogP contribution in [0.5, 0.6) is 0 Å². The summed E-state index contributed by atoms with van der Waals surface area (Å²) in [7, 11) is 1.12. The molecular weight excluding hydrogens is 952 g/mol. The molecule has 0 aliphatic rings. The van der Waals surface area contributed by atoms with Crippen molar-refractivity contribution in [2.75, 3.05) is 40.9 Å². The average molecular weight is 1070 g/mol. The fourth-order valence-electron chi connectivity index (χ4n) is 7.97. The molecule has 1 amide bonds. The number of amides is 1. The minimum atomic E-state index is -4.73. The summed E-state index contributed by atoms with van der Waals surface area (Å²) in [5.41, 5.74) is 0. The van der Waals surface area contributed by atoms with Gasteiger partial charge in [-0.15, -0.1) is 0 Å². The van der Waals surface area contributed by atoms with Crippen LogP contribution in [0.1, 0.15) is 239 Å². The number of nitrogens with one attached hydrogen (secondary N) is 1. The molecule has 0 aromatic heterocycles. The van der Waals surface area contributed by atoms with Gasteiger partial charge < -0.3 is 28.5 Å². The van der Waals surface area contributed by atoms with Crippen molar-refractivity contribution < 1.29 is 37.3 Å². The standard InChI is InChI=1S/C65H113N2O7P/c1-7-10-13-16-19-22-25-28-30-32-33-35-36-39-42-45-48-51-54-57-64(68)66-62(61-73-75(70,71)72-60-59-67(4,5)6)63(56-53-50-47-44-41-38-27-24-21-18-15-12-9-3)74-65(69)58-55-52-49-46-43-40-37-34-31-29-26-23-20-17-14-11-8-2/h19-20,22-23,28-31,33,35,37,39-40,42,46,49,53,56,62-63H,7-18,21,24-27,32,34,36,38,41,43-45,47-48,50-52,54-55,57-61H2,1-6H3,(H-,66,68,70,71)/b22-19-,23-20-,30-28-,31-29-,35-33-,40-37-,42-39-,49-46-,56-53+. The second-order valence-electron chi connectivity index (χ2n) is 21.1. The number of rotatable bonds is 53. The van der Waals surface area contributed by atoms with E-state index in [9.17, 15) is 19.0 Å². The van der Waals surface area contributed by atoms with Crippen molar-refractivity contribution in [3.8, 4) is 0 Å². The summed E-state index contributed by atoms with van der Waals surface area (Å²) in [6.45, 7) is 6.71. The molecule has 10 heteroatoms. The Morgan fingerprint density at radius 1 is 0.467 bits per heavy atom. The van der Waals surface area contributed by atoms with Crippen molar-refractivity contribution in [3.05, 3.63) is 109 Å². The van der Waals surface area contributed by atoms with Crippen molar-refractivity contribution in [3.63, 3.8) is 0 Å². The molecule has 0 aliphatic carbocycles. The van der Waals surface area contributed by atoms with E-state index in [0.717, 1.165) is 83.5 Å². The molecule has 0 fully saturated rings. The van der Waals surface area contributed by atoms with Gasteiger partial charge in [0.25, 0.3) is 7.82 Å². The molecule has 0 rings (SSSR count). The molecule has 0 aliphatic heterocycles. The fraction of sp³-hybridized carbons (Fsp3) is 0.692. The zero-order chi connectivity index (χ0) is 55.0. The number of unbranched alkanes of at least 4 members (excludes halogenated alkanes) is 21. The Kier molecular flexibility index (Phi) is 51.6. The normalized spacial score (nSPS) is 14.5. The Bertz CT molecular complexity index is 1650. The molecule has 9 nitrogen and oxygen atoms in total. The number of carbonyl (C=O) groups is 2. The van der Waals surface area contributed by atoms with E-state index in [1.165, 1.54) is 109 Å². The van der Waals surface area contributed by atoms with E-state index >= 15 is 0 Å². The Morgan fingerprint density at radius 3 is 1.27 bits per heavy atom. The van der Waals surface area contributed by atoms with Crippen molar-refractivity contribution in [1.29, 1.82) is 0 Å². The summed E-state index contributed by atoms with van der Waals surface area (Å²) in [5.74, 6) is -0.649. The van der Waals surface area contributed by atoms with Gasteiger partial charge in [0.05, 0.1) is 33.8 Å². The average Bonchev–Trinajstić information content (AvgIpc) is 3.37. The number of likely N-dealkylation sites (N-methyl/N-ethyl adjacent to an activating group) is 1. The third-order valence-electron chi connectivity index (χ3n) is 12.7. The predicted octanol–water partition coefficient (Wildman–Crippen LogP) is 17.9. The number of hydrogen-bond donors (Lipinski definition) is 1. The molecular formula is C65H113N2O7P. The monoisotopic (exact) mass is 1060 g/mol. The minimum Gasteiger partial charge on any atom is -0.756 e. The van der Waals surface area contributed by atoms with Crippen molar-refractivity contribution in [2.45, 2.75) is 251 Å². The van der Waals surface area contributed by atoms with E-state index in [1.54, 1.807) is 6.08 Å². The smallest absolute Gasteiger partial charge is 0.306 e. The molecule has 0 radical (unpaired) electrons. The fourth-order valence-corrected chi connectivity index (χ4v) is 8.69. The maximum Gasteiger partial charge on any atom is 0.306 e. The molecule has 0 saturated carbocycles. The number of carbonyl (C=O) groups excluding carboxylic acids is 2. The number of nitrogens with zero attached hydrogens (tertiary/aromatic N) is 1. The van der Waals surface area contributed by atoms with Gasteiger partial charge in [0, 0.05) is 12.8 Å². The first kappa shape index (κ1) is 71.7. The minimum absolute atomic E-state index is 0.0426. The van der Waals surface area contributed by atoms with Crippen LogP contribution in [-0.2, 0) is 27.9 Å². The number of hydrogen-bond acceptors (Lipinski definition) is 7. The molecule has 0 aromatic carbocycles. The first-order valence-electron chi connectivity index (χ1n) is 30.2. The molecule has 1 N–H and O–H groups in total. The lowest BCUT2D eigenvalue weighted by atomic mass is 10.0. The van der Waals surface area contributed by atoms with Gasteiger partial charge in [-0.25, -0.2) is 0 Å². The van der Waals surface area contributed by atoms with Crippen molar-refractivity contribution >= 4 is 19.7 Å². The molecule has 75 heavy (non-hydrogen) atoms. The van der Waals surface area contributed by atoms with E-state index in [2.05, 4.69) is 123 Å². The van der Waals surface area contributed by atoms with Crippen LogP contribution in [0.15, 0.2) is 109 Å². The topological polar surface area (TPSA) is 114 Å². The van der Waals surface area contributed by atoms with Crippen LogP contribution in [0.3, 0.4) is 0 Å².